The molecule has 1 rings (SSSR count). The van der Waals surface area contributed by atoms with Crippen LogP contribution in [0, 0.1) is 0 Å². The largest absolute Gasteiger partial charge is 0.366 e. The number of carbonyl (C=O) groups is 1. The van der Waals surface area contributed by atoms with Crippen molar-refractivity contribution in [2.75, 3.05) is 20.2 Å². The van der Waals surface area contributed by atoms with E-state index in [1.807, 2.05) is 20.8 Å². The monoisotopic (exact) mass is 242 g/mol. The van der Waals surface area contributed by atoms with Crippen molar-refractivity contribution in [3.05, 3.63) is 0 Å². The second-order valence-corrected chi connectivity index (χ2v) is 5.95. The molecule has 4 nitrogen and oxygen atoms in total. The van der Waals surface area contributed by atoms with Gasteiger partial charge < -0.3 is 10.1 Å². The van der Waals surface area contributed by atoms with Gasteiger partial charge in [0.15, 0.2) is 0 Å². The minimum atomic E-state index is -0.256. The van der Waals surface area contributed by atoms with E-state index in [2.05, 4.69) is 24.2 Å². The average Bonchev–Trinajstić information content (AvgIpc) is 3.04. The molecule has 0 aromatic heterocycles. The number of amides is 1. The summed E-state index contributed by atoms with van der Waals surface area (Å²) in [4.78, 5) is 13.9. The van der Waals surface area contributed by atoms with Gasteiger partial charge in [-0.2, -0.15) is 0 Å². The van der Waals surface area contributed by atoms with Gasteiger partial charge in [-0.1, -0.05) is 0 Å². The maximum absolute atomic E-state index is 11.5. The lowest BCUT2D eigenvalue weighted by Gasteiger charge is -2.25. The van der Waals surface area contributed by atoms with Gasteiger partial charge in [0.25, 0.3) is 0 Å². The molecule has 0 aliphatic heterocycles. The second-order valence-electron chi connectivity index (χ2n) is 5.95. The molecule has 1 aliphatic rings. The summed E-state index contributed by atoms with van der Waals surface area (Å²) in [7, 11) is 2.13. The van der Waals surface area contributed by atoms with Crippen LogP contribution in [0.4, 0.5) is 0 Å². The van der Waals surface area contributed by atoms with E-state index in [9.17, 15) is 4.79 Å². The molecule has 1 fully saturated rings. The van der Waals surface area contributed by atoms with Crippen LogP contribution in [0.25, 0.3) is 0 Å². The summed E-state index contributed by atoms with van der Waals surface area (Å²) in [6.45, 7) is 8.82. The molecule has 0 bridgehead atoms. The van der Waals surface area contributed by atoms with E-state index in [1.165, 1.54) is 12.8 Å². The number of likely N-dealkylation sites (N-methyl/N-ethyl adjacent to an activating group) is 1. The third-order valence-electron chi connectivity index (χ3n) is 3.05. The van der Waals surface area contributed by atoms with Crippen molar-refractivity contribution in [2.24, 2.45) is 0 Å². The van der Waals surface area contributed by atoms with Crippen LogP contribution < -0.4 is 5.32 Å². The first-order valence-corrected chi connectivity index (χ1v) is 6.42. The van der Waals surface area contributed by atoms with Gasteiger partial charge >= 0.3 is 0 Å². The number of ether oxygens (including phenoxy) is 1. The van der Waals surface area contributed by atoms with Crippen molar-refractivity contribution in [1.29, 1.82) is 0 Å². The molecule has 1 aliphatic carbocycles. The molecular formula is C13H26N2O2. The van der Waals surface area contributed by atoms with E-state index < -0.39 is 0 Å². The quantitative estimate of drug-likeness (QED) is 0.765. The number of nitrogens with zero attached hydrogens (tertiary/aromatic N) is 1. The van der Waals surface area contributed by atoms with E-state index in [0.29, 0.717) is 12.6 Å². The molecule has 0 aromatic rings. The highest BCUT2D eigenvalue weighted by atomic mass is 16.5. The van der Waals surface area contributed by atoms with Crippen molar-refractivity contribution in [2.45, 2.75) is 58.2 Å². The molecule has 17 heavy (non-hydrogen) atoms. The fourth-order valence-electron chi connectivity index (χ4n) is 1.58. The van der Waals surface area contributed by atoms with E-state index in [1.54, 1.807) is 0 Å². The summed E-state index contributed by atoms with van der Waals surface area (Å²) in [5, 5.41) is 2.91. The Hall–Kier alpha value is -0.610. The summed E-state index contributed by atoms with van der Waals surface area (Å²) in [5.41, 5.74) is -0.256. The summed E-state index contributed by atoms with van der Waals surface area (Å²) in [6, 6.07) is 1.12. The third kappa shape index (κ3) is 6.03. The number of nitrogens with one attached hydrogen (secondary N) is 1. The molecule has 0 radical (unpaired) electrons. The van der Waals surface area contributed by atoms with Crippen LogP contribution in [0.5, 0.6) is 0 Å². The van der Waals surface area contributed by atoms with Gasteiger partial charge in [0, 0.05) is 18.6 Å². The minimum absolute atomic E-state index is 0.0315. The predicted molar refractivity (Wildman–Crippen MR) is 69.0 cm³/mol. The van der Waals surface area contributed by atoms with Crippen LogP contribution in [0.3, 0.4) is 0 Å². The minimum Gasteiger partial charge on any atom is -0.366 e. The maximum Gasteiger partial charge on any atom is 0.246 e. The number of hydrogen-bond acceptors (Lipinski definition) is 3. The molecule has 0 saturated heterocycles. The summed E-state index contributed by atoms with van der Waals surface area (Å²) in [6.07, 6.45) is 2.59. The van der Waals surface area contributed by atoms with Crippen LogP contribution in [0.2, 0.25) is 0 Å². The molecule has 1 unspecified atom stereocenters. The normalized spacial score (nSPS) is 18.2. The highest BCUT2D eigenvalue weighted by molar-refractivity contribution is 5.77. The fraction of sp³-hybridized carbons (Fsp3) is 0.923. The molecule has 0 heterocycles. The lowest BCUT2D eigenvalue weighted by molar-refractivity contribution is -0.130. The molecule has 0 spiro atoms. The lowest BCUT2D eigenvalue weighted by Crippen LogP contribution is -2.42. The Morgan fingerprint density at radius 3 is 2.53 bits per heavy atom. The molecule has 1 saturated carbocycles. The Kier molecular flexibility index (Phi) is 4.95. The van der Waals surface area contributed by atoms with Crippen LogP contribution in [-0.2, 0) is 9.53 Å². The van der Waals surface area contributed by atoms with Crippen LogP contribution in [-0.4, -0.2) is 48.7 Å². The van der Waals surface area contributed by atoms with Crippen molar-refractivity contribution in [3.63, 3.8) is 0 Å². The highest BCUT2D eigenvalue weighted by Crippen LogP contribution is 2.26. The SMILES string of the molecule is CC(CNC(=O)COC(C)(C)C)N(C)C1CC1. The van der Waals surface area contributed by atoms with Gasteiger partial charge in [-0.3, -0.25) is 9.69 Å². The standard InChI is InChI=1S/C13H26N2O2/c1-10(15(5)11-6-7-11)8-14-12(16)9-17-13(2,3)4/h10-11H,6-9H2,1-5H3,(H,14,16). The van der Waals surface area contributed by atoms with Gasteiger partial charge in [0.2, 0.25) is 5.91 Å². The molecule has 4 heteroatoms. The zero-order valence-corrected chi connectivity index (χ0v) is 11.7. The van der Waals surface area contributed by atoms with Crippen LogP contribution >= 0.6 is 0 Å². The molecule has 1 atom stereocenters. The predicted octanol–water partition coefficient (Wildman–Crippen LogP) is 1.40. The van der Waals surface area contributed by atoms with Crippen molar-refractivity contribution < 1.29 is 9.53 Å². The number of rotatable bonds is 6. The number of carbonyl (C=O) groups excluding carboxylic acids is 1. The first-order valence-electron chi connectivity index (χ1n) is 6.42. The van der Waals surface area contributed by atoms with E-state index in [0.717, 1.165) is 6.04 Å². The van der Waals surface area contributed by atoms with Crippen LogP contribution in [0.1, 0.15) is 40.5 Å². The number of hydrogen-bond donors (Lipinski definition) is 1. The summed E-state index contributed by atoms with van der Waals surface area (Å²) in [5.74, 6) is -0.0315. The molecule has 0 aromatic carbocycles. The Morgan fingerprint density at radius 1 is 1.47 bits per heavy atom. The van der Waals surface area contributed by atoms with E-state index in [-0.39, 0.29) is 18.1 Å². The van der Waals surface area contributed by atoms with Crippen LogP contribution in [0.15, 0.2) is 0 Å². The van der Waals surface area contributed by atoms with Crippen molar-refractivity contribution in [3.8, 4) is 0 Å². The highest BCUT2D eigenvalue weighted by Gasteiger charge is 2.29. The molecule has 1 N–H and O–H groups in total. The Morgan fingerprint density at radius 2 is 2.06 bits per heavy atom. The molecule has 100 valence electrons. The van der Waals surface area contributed by atoms with E-state index in [4.69, 9.17) is 4.74 Å². The molecule has 1 amide bonds. The van der Waals surface area contributed by atoms with Gasteiger partial charge in [0.05, 0.1) is 5.60 Å². The van der Waals surface area contributed by atoms with Gasteiger partial charge in [0.1, 0.15) is 6.61 Å². The maximum atomic E-state index is 11.5. The first kappa shape index (κ1) is 14.5. The van der Waals surface area contributed by atoms with E-state index >= 15 is 0 Å². The summed E-state index contributed by atoms with van der Waals surface area (Å²) >= 11 is 0. The topological polar surface area (TPSA) is 41.6 Å². The lowest BCUT2D eigenvalue weighted by atomic mass is 10.2. The van der Waals surface area contributed by atoms with Crippen molar-refractivity contribution in [1.82, 2.24) is 10.2 Å². The second kappa shape index (κ2) is 5.83. The Bertz CT molecular complexity index is 257. The van der Waals surface area contributed by atoms with Gasteiger partial charge in [-0.05, 0) is 47.6 Å². The fourth-order valence-corrected chi connectivity index (χ4v) is 1.58. The van der Waals surface area contributed by atoms with Crippen molar-refractivity contribution >= 4 is 5.91 Å². The Balaban J connectivity index is 2.14. The first-order chi connectivity index (χ1) is 7.79. The Labute approximate surface area is 105 Å². The summed E-state index contributed by atoms with van der Waals surface area (Å²) < 4.78 is 5.42. The third-order valence-corrected chi connectivity index (χ3v) is 3.05. The smallest absolute Gasteiger partial charge is 0.246 e. The zero-order valence-electron chi connectivity index (χ0n) is 11.7. The van der Waals surface area contributed by atoms with Gasteiger partial charge in [-0.15, -0.1) is 0 Å². The average molecular weight is 242 g/mol. The zero-order chi connectivity index (χ0) is 13.1. The van der Waals surface area contributed by atoms with Gasteiger partial charge in [-0.25, -0.2) is 0 Å². The molecular weight excluding hydrogens is 216 g/mol.